The van der Waals surface area contributed by atoms with E-state index in [-0.39, 0.29) is 12.5 Å². The summed E-state index contributed by atoms with van der Waals surface area (Å²) in [6.45, 7) is 8.10. The molecule has 3 rings (SSSR count). The van der Waals surface area contributed by atoms with Crippen LogP contribution < -0.4 is 10.1 Å². The fourth-order valence-corrected chi connectivity index (χ4v) is 4.84. The van der Waals surface area contributed by atoms with E-state index in [1.807, 2.05) is 32.0 Å². The van der Waals surface area contributed by atoms with Crippen LogP contribution in [0.5, 0.6) is 5.75 Å². The minimum absolute atomic E-state index is 0.0620. The minimum Gasteiger partial charge on any atom is -0.483 e. The molecule has 0 radical (unpaired) electrons. The first-order valence-electron chi connectivity index (χ1n) is 14.5. The number of nitrogens with zero attached hydrogens (tertiary/aromatic N) is 2. The monoisotopic (exact) mass is 505 g/mol. The highest BCUT2D eigenvalue weighted by molar-refractivity contribution is 5.77. The number of nitrogens with one attached hydrogen (secondary N) is 1. The van der Waals surface area contributed by atoms with Gasteiger partial charge in [-0.15, -0.1) is 0 Å². The van der Waals surface area contributed by atoms with Crippen molar-refractivity contribution in [3.63, 3.8) is 0 Å². The van der Waals surface area contributed by atoms with Gasteiger partial charge in [0.2, 0.25) is 0 Å². The number of unbranched alkanes of at least 4 members (excludes halogenated alkanes) is 9. The van der Waals surface area contributed by atoms with Crippen molar-refractivity contribution < 1.29 is 9.53 Å². The summed E-state index contributed by atoms with van der Waals surface area (Å²) in [5.74, 6) is 1.92. The number of amides is 1. The second-order valence-electron chi connectivity index (χ2n) is 10.4. The van der Waals surface area contributed by atoms with E-state index in [1.165, 1.54) is 62.7 Å². The van der Waals surface area contributed by atoms with Crippen LogP contribution in [0.15, 0.2) is 42.5 Å². The summed E-state index contributed by atoms with van der Waals surface area (Å²) >= 11 is 0. The third-order valence-electron chi connectivity index (χ3n) is 7.07. The van der Waals surface area contributed by atoms with Gasteiger partial charge in [0, 0.05) is 19.5 Å². The summed E-state index contributed by atoms with van der Waals surface area (Å²) in [7, 11) is 0. The summed E-state index contributed by atoms with van der Waals surface area (Å²) in [6.07, 6.45) is 14.8. The Morgan fingerprint density at radius 1 is 0.892 bits per heavy atom. The van der Waals surface area contributed by atoms with Gasteiger partial charge in [-0.3, -0.25) is 4.79 Å². The average molecular weight is 506 g/mol. The Morgan fingerprint density at radius 2 is 1.62 bits per heavy atom. The van der Waals surface area contributed by atoms with Gasteiger partial charge in [-0.2, -0.15) is 0 Å². The first-order valence-corrected chi connectivity index (χ1v) is 14.5. The molecule has 202 valence electrons. The van der Waals surface area contributed by atoms with Crippen LogP contribution in [0.2, 0.25) is 0 Å². The lowest BCUT2D eigenvalue weighted by Crippen LogP contribution is -2.29. The van der Waals surface area contributed by atoms with Gasteiger partial charge in [0.25, 0.3) is 5.91 Å². The fourth-order valence-electron chi connectivity index (χ4n) is 4.84. The minimum atomic E-state index is -0.0620. The molecule has 1 heterocycles. The van der Waals surface area contributed by atoms with E-state index in [0.717, 1.165) is 54.6 Å². The Morgan fingerprint density at radius 3 is 2.43 bits per heavy atom. The molecule has 0 saturated carbocycles. The molecule has 37 heavy (non-hydrogen) atoms. The molecule has 5 heteroatoms. The van der Waals surface area contributed by atoms with Crippen LogP contribution in [-0.4, -0.2) is 28.6 Å². The van der Waals surface area contributed by atoms with Gasteiger partial charge >= 0.3 is 0 Å². The van der Waals surface area contributed by atoms with Gasteiger partial charge in [-0.05, 0) is 62.4 Å². The number of aryl methyl sites for hydroxylation is 4. The van der Waals surface area contributed by atoms with Gasteiger partial charge in [0.1, 0.15) is 11.6 Å². The number of fused-ring (bicyclic) bond motifs is 1. The predicted octanol–water partition coefficient (Wildman–Crippen LogP) is 7.70. The summed E-state index contributed by atoms with van der Waals surface area (Å²) in [4.78, 5) is 17.1. The molecule has 0 spiro atoms. The van der Waals surface area contributed by atoms with E-state index < -0.39 is 0 Å². The zero-order valence-corrected chi connectivity index (χ0v) is 23.4. The van der Waals surface area contributed by atoms with E-state index in [2.05, 4.69) is 41.1 Å². The van der Waals surface area contributed by atoms with Crippen molar-refractivity contribution in [2.24, 2.45) is 0 Å². The first kappa shape index (κ1) is 28.7. The van der Waals surface area contributed by atoms with Gasteiger partial charge in [-0.25, -0.2) is 4.98 Å². The molecule has 1 amide bonds. The maximum atomic E-state index is 12.2. The number of aromatic nitrogens is 2. The molecule has 1 aromatic heterocycles. The number of carbonyl (C=O) groups excluding carboxylic acids is 1. The highest BCUT2D eigenvalue weighted by atomic mass is 16.5. The van der Waals surface area contributed by atoms with Crippen LogP contribution in [-0.2, 0) is 17.8 Å². The predicted molar refractivity (Wildman–Crippen MR) is 154 cm³/mol. The van der Waals surface area contributed by atoms with Crippen molar-refractivity contribution in [3.8, 4) is 5.75 Å². The number of ether oxygens (including phenoxy) is 1. The van der Waals surface area contributed by atoms with Crippen LogP contribution in [0.1, 0.15) is 94.5 Å². The van der Waals surface area contributed by atoms with Gasteiger partial charge < -0.3 is 14.6 Å². The lowest BCUT2D eigenvalue weighted by atomic mass is 10.1. The van der Waals surface area contributed by atoms with Crippen molar-refractivity contribution in [3.05, 3.63) is 59.4 Å². The Kier molecular flexibility index (Phi) is 12.5. The van der Waals surface area contributed by atoms with Crippen LogP contribution in [0.25, 0.3) is 11.0 Å². The lowest BCUT2D eigenvalue weighted by Gasteiger charge is -2.11. The zero-order valence-electron chi connectivity index (χ0n) is 23.4. The van der Waals surface area contributed by atoms with E-state index in [9.17, 15) is 4.79 Å². The molecule has 0 aliphatic heterocycles. The van der Waals surface area contributed by atoms with Gasteiger partial charge in [-0.1, -0.05) is 82.6 Å². The highest BCUT2D eigenvalue weighted by Gasteiger charge is 2.10. The largest absolute Gasteiger partial charge is 0.483 e. The van der Waals surface area contributed by atoms with Crippen LogP contribution >= 0.6 is 0 Å². The Hall–Kier alpha value is -2.82. The summed E-state index contributed by atoms with van der Waals surface area (Å²) in [5.41, 5.74) is 4.55. The quantitative estimate of drug-likeness (QED) is 0.180. The zero-order chi connectivity index (χ0) is 26.3. The normalized spacial score (nSPS) is 11.2. The maximum absolute atomic E-state index is 12.2. The summed E-state index contributed by atoms with van der Waals surface area (Å²) < 4.78 is 8.15. The molecule has 0 bridgehead atoms. The van der Waals surface area contributed by atoms with Crippen molar-refractivity contribution in [2.45, 2.75) is 104 Å². The van der Waals surface area contributed by atoms with Crippen LogP contribution in [0.4, 0.5) is 0 Å². The fraction of sp³-hybridized carbons (Fsp3) is 0.562. The molecule has 0 aliphatic rings. The Balaban J connectivity index is 1.35. The molecule has 0 fully saturated rings. The third-order valence-corrected chi connectivity index (χ3v) is 7.07. The molecule has 2 aromatic carbocycles. The Bertz CT molecular complexity index is 1090. The SMILES string of the molecule is CCCCCCCCCCn1c(CCCCCNC(=O)COc2cc(C)ccc2C)nc2ccccc21. The molecular weight excluding hydrogens is 458 g/mol. The number of benzene rings is 2. The number of hydrogen-bond donors (Lipinski definition) is 1. The van der Waals surface area contributed by atoms with Crippen molar-refractivity contribution in [1.82, 2.24) is 14.9 Å². The molecule has 3 aromatic rings. The topological polar surface area (TPSA) is 56.2 Å². The van der Waals surface area contributed by atoms with Crippen molar-refractivity contribution in [1.29, 1.82) is 0 Å². The van der Waals surface area contributed by atoms with Crippen molar-refractivity contribution >= 4 is 16.9 Å². The molecule has 5 nitrogen and oxygen atoms in total. The number of imidazole rings is 1. The lowest BCUT2D eigenvalue weighted by molar-refractivity contribution is -0.123. The molecular formula is C32H47N3O2. The third kappa shape index (κ3) is 9.87. The molecule has 1 N–H and O–H groups in total. The van der Waals surface area contributed by atoms with E-state index in [4.69, 9.17) is 9.72 Å². The molecule has 0 saturated heterocycles. The molecule has 0 aliphatic carbocycles. The summed E-state index contributed by atoms with van der Waals surface area (Å²) in [5, 5.41) is 2.99. The van der Waals surface area contributed by atoms with Crippen LogP contribution in [0.3, 0.4) is 0 Å². The van der Waals surface area contributed by atoms with E-state index in [1.54, 1.807) is 0 Å². The van der Waals surface area contributed by atoms with Gasteiger partial charge in [0.15, 0.2) is 6.61 Å². The van der Waals surface area contributed by atoms with Crippen LogP contribution in [0, 0.1) is 13.8 Å². The number of hydrogen-bond acceptors (Lipinski definition) is 3. The molecule has 0 unspecified atom stereocenters. The number of para-hydroxylation sites is 2. The maximum Gasteiger partial charge on any atom is 0.257 e. The average Bonchev–Trinajstić information content (AvgIpc) is 3.25. The highest BCUT2D eigenvalue weighted by Crippen LogP contribution is 2.20. The standard InChI is InChI=1S/C32H47N3O2/c1-4-5-6-7-8-9-10-16-23-35-29-18-14-13-17-28(29)34-31(35)19-12-11-15-22-33-32(36)25-37-30-24-26(2)20-21-27(30)3/h13-14,17-18,20-21,24H,4-12,15-16,19,22-23,25H2,1-3H3,(H,33,36). The number of rotatable bonds is 18. The van der Waals surface area contributed by atoms with E-state index in [0.29, 0.717) is 6.54 Å². The Labute approximate surface area is 224 Å². The molecule has 0 atom stereocenters. The second-order valence-corrected chi connectivity index (χ2v) is 10.4. The van der Waals surface area contributed by atoms with E-state index >= 15 is 0 Å². The smallest absolute Gasteiger partial charge is 0.257 e. The van der Waals surface area contributed by atoms with Crippen molar-refractivity contribution in [2.75, 3.05) is 13.2 Å². The number of carbonyl (C=O) groups is 1. The second kappa shape index (κ2) is 16.1. The summed E-state index contributed by atoms with van der Waals surface area (Å²) in [6, 6.07) is 14.6. The first-order chi connectivity index (χ1) is 18.1. The van der Waals surface area contributed by atoms with Gasteiger partial charge in [0.05, 0.1) is 11.0 Å².